The highest BCUT2D eigenvalue weighted by atomic mass is 16.3. The Morgan fingerprint density at radius 3 is 1.71 bits per heavy atom. The van der Waals surface area contributed by atoms with E-state index < -0.39 is 0 Å². The van der Waals surface area contributed by atoms with Crippen molar-refractivity contribution in [1.82, 2.24) is 0 Å². The van der Waals surface area contributed by atoms with Crippen LogP contribution in [0.2, 0.25) is 0 Å². The molecule has 1 aliphatic rings. The van der Waals surface area contributed by atoms with Gasteiger partial charge in [0.2, 0.25) is 0 Å². The van der Waals surface area contributed by atoms with Crippen molar-refractivity contribution < 1.29 is 4.42 Å². The molecule has 65 heavy (non-hydrogen) atoms. The van der Waals surface area contributed by atoms with Gasteiger partial charge in [-0.1, -0.05) is 196 Å². The summed E-state index contributed by atoms with van der Waals surface area (Å²) in [5, 5.41) is 2.24. The average molecular weight is 832 g/mol. The average Bonchev–Trinajstić information content (AvgIpc) is 3.86. The summed E-state index contributed by atoms with van der Waals surface area (Å²) < 4.78 is 6.51. The van der Waals surface area contributed by atoms with Gasteiger partial charge in [0.25, 0.3) is 0 Å². The molecule has 0 amide bonds. The van der Waals surface area contributed by atoms with E-state index in [0.717, 1.165) is 77.9 Å². The zero-order chi connectivity index (χ0) is 43.5. The third-order valence-corrected chi connectivity index (χ3v) is 13.5. The lowest BCUT2D eigenvalue weighted by molar-refractivity contribution is 0.660. The van der Waals surface area contributed by atoms with Gasteiger partial charge in [-0.25, -0.2) is 0 Å². The maximum Gasteiger partial charge on any atom is 0.136 e. The zero-order valence-electron chi connectivity index (χ0n) is 36.4. The summed E-state index contributed by atoms with van der Waals surface area (Å²) in [6, 6.07) is 86.0. The molecule has 0 aliphatic heterocycles. The highest BCUT2D eigenvalue weighted by Gasteiger charge is 2.35. The van der Waals surface area contributed by atoms with E-state index in [1.807, 2.05) is 12.1 Å². The summed E-state index contributed by atoms with van der Waals surface area (Å²) in [5.41, 5.74) is 21.9. The Labute approximate surface area is 380 Å². The van der Waals surface area contributed by atoms with Crippen LogP contribution in [0.3, 0.4) is 0 Å². The first kappa shape index (κ1) is 38.5. The highest BCUT2D eigenvalue weighted by molar-refractivity contribution is 6.07. The monoisotopic (exact) mass is 831 g/mol. The van der Waals surface area contributed by atoms with Gasteiger partial charge in [-0.05, 0) is 121 Å². The normalized spacial score (nSPS) is 12.6. The molecule has 1 aliphatic carbocycles. The number of furan rings is 1. The fraction of sp³-hybridized carbons (Fsp3) is 0.0476. The molecule has 0 saturated carbocycles. The van der Waals surface area contributed by atoms with Gasteiger partial charge < -0.3 is 9.32 Å². The van der Waals surface area contributed by atoms with Crippen LogP contribution in [-0.4, -0.2) is 0 Å². The molecular weight excluding hydrogens is 787 g/mol. The molecule has 0 spiro atoms. The molecule has 1 aromatic heterocycles. The van der Waals surface area contributed by atoms with Crippen LogP contribution < -0.4 is 4.90 Å². The maximum atomic E-state index is 6.51. The van der Waals surface area contributed by atoms with Gasteiger partial charge in [0.15, 0.2) is 0 Å². The van der Waals surface area contributed by atoms with Gasteiger partial charge in [0, 0.05) is 33.0 Å². The largest absolute Gasteiger partial charge is 0.456 e. The van der Waals surface area contributed by atoms with Crippen LogP contribution in [-0.2, 0) is 5.41 Å². The van der Waals surface area contributed by atoms with Crippen LogP contribution in [0, 0.1) is 0 Å². The second-order valence-electron chi connectivity index (χ2n) is 17.7. The Bertz CT molecular complexity index is 3560. The van der Waals surface area contributed by atoms with Crippen LogP contribution in [0.4, 0.5) is 17.1 Å². The number of anilines is 3. The van der Waals surface area contributed by atoms with Gasteiger partial charge in [-0.15, -0.1) is 0 Å². The minimum absolute atomic E-state index is 0.0754. The third kappa shape index (κ3) is 6.57. The number of benzene rings is 10. The van der Waals surface area contributed by atoms with Gasteiger partial charge in [0.1, 0.15) is 11.2 Å². The molecule has 11 aromatic rings. The zero-order valence-corrected chi connectivity index (χ0v) is 36.4. The summed E-state index contributed by atoms with van der Waals surface area (Å²) in [6.45, 7) is 4.70. The Morgan fingerprint density at radius 2 is 0.877 bits per heavy atom. The molecule has 2 nitrogen and oxygen atoms in total. The predicted octanol–water partition coefficient (Wildman–Crippen LogP) is 17.7. The van der Waals surface area contributed by atoms with Gasteiger partial charge in [-0.2, -0.15) is 0 Å². The van der Waals surface area contributed by atoms with Crippen molar-refractivity contribution in [3.8, 4) is 66.8 Å². The van der Waals surface area contributed by atoms with E-state index in [4.69, 9.17) is 4.42 Å². The minimum Gasteiger partial charge on any atom is -0.456 e. The topological polar surface area (TPSA) is 16.4 Å². The van der Waals surface area contributed by atoms with Crippen molar-refractivity contribution in [3.63, 3.8) is 0 Å². The fourth-order valence-corrected chi connectivity index (χ4v) is 10.3. The number of nitrogens with zero attached hydrogens (tertiary/aromatic N) is 1. The smallest absolute Gasteiger partial charge is 0.136 e. The SMILES string of the molecule is CC1(C)c2ccccc2-c2ccc(-c3ccc(N(c4ccccc4-c4ccccc4)c4cccc(-c5ccc6c(c5)oc5ccccc56)c4-c4cccc(-c5ccccc5)c4)cc3)cc21. The molecule has 0 bridgehead atoms. The van der Waals surface area contributed by atoms with Crippen molar-refractivity contribution >= 4 is 39.0 Å². The van der Waals surface area contributed by atoms with Crippen molar-refractivity contribution in [2.75, 3.05) is 4.90 Å². The number of fused-ring (bicyclic) bond motifs is 6. The molecule has 10 aromatic carbocycles. The Hall–Kier alpha value is -8.20. The van der Waals surface area contributed by atoms with Crippen LogP contribution in [0.25, 0.3) is 88.7 Å². The Balaban J connectivity index is 1.07. The van der Waals surface area contributed by atoms with E-state index in [9.17, 15) is 0 Å². The van der Waals surface area contributed by atoms with Crippen LogP contribution in [0.15, 0.2) is 241 Å². The second kappa shape index (κ2) is 15.6. The van der Waals surface area contributed by atoms with Crippen molar-refractivity contribution in [2.24, 2.45) is 0 Å². The van der Waals surface area contributed by atoms with Crippen molar-refractivity contribution in [2.45, 2.75) is 19.3 Å². The van der Waals surface area contributed by atoms with Crippen molar-refractivity contribution in [1.29, 1.82) is 0 Å². The molecular formula is C63H45NO. The third-order valence-electron chi connectivity index (χ3n) is 13.5. The molecule has 0 fully saturated rings. The second-order valence-corrected chi connectivity index (χ2v) is 17.7. The number of rotatable bonds is 8. The quantitative estimate of drug-likeness (QED) is 0.152. The van der Waals surface area contributed by atoms with Gasteiger partial charge in [0.05, 0.1) is 11.4 Å². The molecule has 12 rings (SSSR count). The Kier molecular flexibility index (Phi) is 9.21. The Morgan fingerprint density at radius 1 is 0.323 bits per heavy atom. The first-order valence-corrected chi connectivity index (χ1v) is 22.5. The number of hydrogen-bond donors (Lipinski definition) is 0. The summed E-state index contributed by atoms with van der Waals surface area (Å²) >= 11 is 0. The molecule has 0 radical (unpaired) electrons. The summed E-state index contributed by atoms with van der Waals surface area (Å²) in [4.78, 5) is 2.46. The lowest BCUT2D eigenvalue weighted by atomic mass is 9.81. The molecule has 0 saturated heterocycles. The number of hydrogen-bond acceptors (Lipinski definition) is 2. The molecule has 0 unspecified atom stereocenters. The molecule has 2 heteroatoms. The van der Waals surface area contributed by atoms with Crippen LogP contribution >= 0.6 is 0 Å². The first-order chi connectivity index (χ1) is 32.0. The standard InChI is InChI=1S/C63H45NO/c1-63(2)56-27-12-9-24-52(56)53-37-33-46(40-57(53)63)43-31-35-49(36-32-43)64(58-28-13-10-23-50(58)44-19-7-4-8-20-44)59-29-16-26-51(47-34-38-55-54-25-11-14-30-60(54)65-61(55)41-47)62(59)48-22-15-21-45(39-48)42-17-5-3-6-18-42/h3-41H,1-2H3. The molecule has 308 valence electrons. The van der Waals surface area contributed by atoms with Gasteiger partial charge in [-0.3, -0.25) is 0 Å². The minimum atomic E-state index is -0.0754. The number of para-hydroxylation sites is 2. The fourth-order valence-electron chi connectivity index (χ4n) is 10.3. The summed E-state index contributed by atoms with van der Waals surface area (Å²) in [5.74, 6) is 0. The first-order valence-electron chi connectivity index (χ1n) is 22.5. The molecule has 1 heterocycles. The van der Waals surface area contributed by atoms with E-state index in [1.165, 1.54) is 38.9 Å². The van der Waals surface area contributed by atoms with E-state index >= 15 is 0 Å². The van der Waals surface area contributed by atoms with Crippen LogP contribution in [0.5, 0.6) is 0 Å². The molecule has 0 N–H and O–H groups in total. The lowest BCUT2D eigenvalue weighted by Gasteiger charge is -2.31. The summed E-state index contributed by atoms with van der Waals surface area (Å²) in [7, 11) is 0. The van der Waals surface area contributed by atoms with Crippen molar-refractivity contribution in [3.05, 3.63) is 248 Å². The summed E-state index contributed by atoms with van der Waals surface area (Å²) in [6.07, 6.45) is 0. The maximum absolute atomic E-state index is 6.51. The van der Waals surface area contributed by atoms with E-state index in [-0.39, 0.29) is 5.41 Å². The van der Waals surface area contributed by atoms with E-state index in [0.29, 0.717) is 0 Å². The lowest BCUT2D eigenvalue weighted by Crippen LogP contribution is -2.14. The van der Waals surface area contributed by atoms with Crippen LogP contribution in [0.1, 0.15) is 25.0 Å². The molecule has 0 atom stereocenters. The van der Waals surface area contributed by atoms with E-state index in [1.54, 1.807) is 0 Å². The predicted molar refractivity (Wildman–Crippen MR) is 273 cm³/mol. The van der Waals surface area contributed by atoms with Gasteiger partial charge >= 0.3 is 0 Å². The van der Waals surface area contributed by atoms with E-state index in [2.05, 4.69) is 243 Å². The highest BCUT2D eigenvalue weighted by Crippen LogP contribution is 2.51.